The Balaban J connectivity index is 1.90. The van der Waals surface area contributed by atoms with Crippen LogP contribution in [0.4, 0.5) is 32.0 Å². The number of β-amino-alcohol motifs (C(OH)–C–C–N with tert-alkyl or cyclic N) is 1. The summed E-state index contributed by atoms with van der Waals surface area (Å²) in [6.45, 7) is 4.73. The van der Waals surface area contributed by atoms with Gasteiger partial charge in [-0.15, -0.1) is 0 Å². The molecule has 198 valence electrons. The summed E-state index contributed by atoms with van der Waals surface area (Å²) in [7, 11) is 0. The predicted octanol–water partition coefficient (Wildman–Crippen LogP) is 6.44. The summed E-state index contributed by atoms with van der Waals surface area (Å²) in [4.78, 5) is 1.85. The van der Waals surface area contributed by atoms with Crippen molar-refractivity contribution in [1.82, 2.24) is 0 Å². The van der Waals surface area contributed by atoms with Gasteiger partial charge in [-0.25, -0.2) is 0 Å². The number of ether oxygens (including phenoxy) is 1. The number of benzene rings is 2. The maximum atomic E-state index is 13.3. The summed E-state index contributed by atoms with van der Waals surface area (Å²) in [5, 5.41) is 23.5. The zero-order valence-electron chi connectivity index (χ0n) is 20.0. The van der Waals surface area contributed by atoms with Gasteiger partial charge in [0.15, 0.2) is 0 Å². The van der Waals surface area contributed by atoms with Crippen LogP contribution in [-0.4, -0.2) is 40.3 Å². The number of alkyl halides is 6. The minimum absolute atomic E-state index is 0.0446. The van der Waals surface area contributed by atoms with Gasteiger partial charge in [0.25, 0.3) is 0 Å². The molecule has 0 saturated carbocycles. The molecule has 11 heteroatoms. The van der Waals surface area contributed by atoms with Gasteiger partial charge >= 0.3 is 12.4 Å². The van der Waals surface area contributed by atoms with Crippen molar-refractivity contribution in [2.24, 2.45) is 5.16 Å². The van der Waals surface area contributed by atoms with Gasteiger partial charge in [0.2, 0.25) is 0 Å². The van der Waals surface area contributed by atoms with Crippen LogP contribution in [0.5, 0.6) is 0 Å². The molecule has 36 heavy (non-hydrogen) atoms. The Bertz CT molecular complexity index is 1060. The minimum Gasteiger partial charge on any atom is -0.411 e. The van der Waals surface area contributed by atoms with Crippen LogP contribution in [0.3, 0.4) is 0 Å². The summed E-state index contributed by atoms with van der Waals surface area (Å²) in [5.41, 5.74) is -4.41. The van der Waals surface area contributed by atoms with Crippen molar-refractivity contribution in [3.8, 4) is 0 Å². The Hall–Kier alpha value is -2.79. The number of para-hydroxylation sites is 1. The molecule has 1 saturated heterocycles. The van der Waals surface area contributed by atoms with Crippen molar-refractivity contribution in [3.05, 3.63) is 65.2 Å². The molecule has 1 aliphatic heterocycles. The number of hydrogen-bond acceptors (Lipinski definition) is 5. The highest BCUT2D eigenvalue weighted by Gasteiger charge is 2.47. The monoisotopic (exact) mass is 518 g/mol. The highest BCUT2D eigenvalue weighted by molar-refractivity contribution is 5.90. The second-order valence-corrected chi connectivity index (χ2v) is 9.43. The standard InChI is InChI=1S/C25H28F6N2O3/c1-16(18-11-19(24(26,27)28)13-20(12-18)25(29,30)31)36-15-22(3)9-10-23(34,17(2)32-35)14-33(22)21-7-5-4-6-8-21/h4-8,11-13,16,34-35H,9-10,14-15H2,1-3H3/b32-17-/t16?,22-,23?/m1/s1. The molecular weight excluding hydrogens is 490 g/mol. The van der Waals surface area contributed by atoms with Gasteiger partial charge in [-0.3, -0.25) is 0 Å². The van der Waals surface area contributed by atoms with E-state index in [1.165, 1.54) is 13.8 Å². The largest absolute Gasteiger partial charge is 0.416 e. The van der Waals surface area contributed by atoms with Crippen LogP contribution < -0.4 is 4.90 Å². The van der Waals surface area contributed by atoms with E-state index in [1.54, 1.807) is 24.3 Å². The van der Waals surface area contributed by atoms with Gasteiger partial charge in [-0.05, 0) is 69.5 Å². The van der Waals surface area contributed by atoms with E-state index in [2.05, 4.69) is 5.16 Å². The molecule has 0 radical (unpaired) electrons. The zero-order valence-corrected chi connectivity index (χ0v) is 20.0. The number of nitrogens with zero attached hydrogens (tertiary/aromatic N) is 2. The summed E-state index contributed by atoms with van der Waals surface area (Å²) in [5.74, 6) is 0. The molecule has 2 N–H and O–H groups in total. The fourth-order valence-electron chi connectivity index (χ4n) is 4.31. The van der Waals surface area contributed by atoms with Crippen LogP contribution in [0.25, 0.3) is 0 Å². The average molecular weight is 518 g/mol. The molecule has 1 heterocycles. The first-order valence-electron chi connectivity index (χ1n) is 11.2. The first-order chi connectivity index (χ1) is 16.6. The number of oxime groups is 1. The fraction of sp³-hybridized carbons (Fsp3) is 0.480. The Morgan fingerprint density at radius 2 is 1.58 bits per heavy atom. The van der Waals surface area contributed by atoms with E-state index >= 15 is 0 Å². The summed E-state index contributed by atoms with van der Waals surface area (Å²) in [6.07, 6.45) is -10.4. The summed E-state index contributed by atoms with van der Waals surface area (Å²) < 4.78 is 85.5. The second-order valence-electron chi connectivity index (χ2n) is 9.43. The molecule has 2 unspecified atom stereocenters. The Morgan fingerprint density at radius 1 is 1.03 bits per heavy atom. The third-order valence-corrected chi connectivity index (χ3v) is 6.76. The van der Waals surface area contributed by atoms with E-state index in [-0.39, 0.29) is 36.9 Å². The maximum Gasteiger partial charge on any atom is 0.416 e. The predicted molar refractivity (Wildman–Crippen MR) is 122 cm³/mol. The molecular formula is C25H28F6N2O3. The number of halogens is 6. The van der Waals surface area contributed by atoms with E-state index in [0.717, 1.165) is 5.69 Å². The van der Waals surface area contributed by atoms with Gasteiger partial charge in [-0.1, -0.05) is 23.4 Å². The zero-order chi connectivity index (χ0) is 26.9. The second kappa shape index (κ2) is 9.93. The molecule has 0 spiro atoms. The molecule has 2 aromatic carbocycles. The lowest BCUT2D eigenvalue weighted by Crippen LogP contribution is -2.63. The number of rotatable bonds is 6. The SMILES string of the molecule is C/C(=N/O)C1(O)CC[C@](C)(COC(C)c2cc(C(F)(F)F)cc(C(F)(F)F)c2)N(c2ccccc2)C1. The molecule has 5 nitrogen and oxygen atoms in total. The molecule has 0 aliphatic carbocycles. The van der Waals surface area contributed by atoms with Gasteiger partial charge < -0.3 is 20.0 Å². The molecule has 0 amide bonds. The topological polar surface area (TPSA) is 65.3 Å². The van der Waals surface area contributed by atoms with Crippen molar-refractivity contribution < 1.29 is 41.4 Å². The minimum atomic E-state index is -4.95. The third kappa shape index (κ3) is 5.95. The molecule has 3 atom stereocenters. The van der Waals surface area contributed by atoms with E-state index in [4.69, 9.17) is 4.74 Å². The van der Waals surface area contributed by atoms with E-state index in [1.807, 2.05) is 17.9 Å². The van der Waals surface area contributed by atoms with Crippen molar-refractivity contribution in [1.29, 1.82) is 0 Å². The Labute approximate surface area is 205 Å². The lowest BCUT2D eigenvalue weighted by atomic mass is 9.78. The van der Waals surface area contributed by atoms with E-state index in [0.29, 0.717) is 18.6 Å². The van der Waals surface area contributed by atoms with Crippen LogP contribution in [0, 0.1) is 0 Å². The molecule has 1 fully saturated rings. The lowest BCUT2D eigenvalue weighted by molar-refractivity contribution is -0.143. The number of hydrogen-bond donors (Lipinski definition) is 2. The Kier molecular flexibility index (Phi) is 7.67. The van der Waals surface area contributed by atoms with Gasteiger partial charge in [-0.2, -0.15) is 26.3 Å². The fourth-order valence-corrected chi connectivity index (χ4v) is 4.31. The van der Waals surface area contributed by atoms with Gasteiger partial charge in [0.05, 0.1) is 41.6 Å². The van der Waals surface area contributed by atoms with Crippen LogP contribution in [0.2, 0.25) is 0 Å². The average Bonchev–Trinajstić information content (AvgIpc) is 2.83. The van der Waals surface area contributed by atoms with Gasteiger partial charge in [0.1, 0.15) is 5.60 Å². The lowest BCUT2D eigenvalue weighted by Gasteiger charge is -2.51. The molecule has 0 bridgehead atoms. The van der Waals surface area contributed by atoms with E-state index in [9.17, 15) is 36.7 Å². The van der Waals surface area contributed by atoms with Crippen LogP contribution in [0.15, 0.2) is 53.7 Å². The summed E-state index contributed by atoms with van der Waals surface area (Å²) >= 11 is 0. The normalized spacial score (nSPS) is 24.6. The highest BCUT2D eigenvalue weighted by atomic mass is 19.4. The molecule has 1 aliphatic rings. The number of aliphatic hydroxyl groups is 1. The Morgan fingerprint density at radius 3 is 2.08 bits per heavy atom. The molecule has 2 aromatic rings. The van der Waals surface area contributed by atoms with Crippen molar-refractivity contribution in [3.63, 3.8) is 0 Å². The quantitative estimate of drug-likeness (QED) is 0.200. The van der Waals surface area contributed by atoms with Gasteiger partial charge in [0, 0.05) is 5.69 Å². The van der Waals surface area contributed by atoms with Crippen molar-refractivity contribution in [2.45, 2.75) is 63.2 Å². The number of anilines is 1. The third-order valence-electron chi connectivity index (χ3n) is 6.76. The first-order valence-corrected chi connectivity index (χ1v) is 11.2. The van der Waals surface area contributed by atoms with E-state index < -0.39 is 40.7 Å². The smallest absolute Gasteiger partial charge is 0.411 e. The molecule has 0 aromatic heterocycles. The van der Waals surface area contributed by atoms with Crippen LogP contribution in [-0.2, 0) is 17.1 Å². The molecule has 3 rings (SSSR count). The van der Waals surface area contributed by atoms with Crippen LogP contribution in [0.1, 0.15) is 56.4 Å². The maximum absolute atomic E-state index is 13.3. The van der Waals surface area contributed by atoms with Crippen LogP contribution >= 0.6 is 0 Å². The summed E-state index contributed by atoms with van der Waals surface area (Å²) in [6, 6.07) is 10.4. The first kappa shape index (κ1) is 27.8. The number of piperidine rings is 1. The van der Waals surface area contributed by atoms with Crippen molar-refractivity contribution in [2.75, 3.05) is 18.1 Å². The highest BCUT2D eigenvalue weighted by Crippen LogP contribution is 2.40. The van der Waals surface area contributed by atoms with Crippen molar-refractivity contribution >= 4 is 11.4 Å².